The molecule has 76 valence electrons. The highest BCUT2D eigenvalue weighted by molar-refractivity contribution is 6.31. The molecule has 4 N–H and O–H groups in total. The summed E-state index contributed by atoms with van der Waals surface area (Å²) in [5, 5.41) is 0.699. The van der Waals surface area contributed by atoms with Crippen molar-refractivity contribution in [1.29, 1.82) is 0 Å². The van der Waals surface area contributed by atoms with E-state index in [0.717, 1.165) is 5.56 Å². The molecular weight excluding hydrogens is 196 g/mol. The van der Waals surface area contributed by atoms with Gasteiger partial charge in [-0.1, -0.05) is 24.1 Å². The first kappa shape index (κ1) is 9.81. The number of hydrogen-bond donors (Lipinski definition) is 2. The van der Waals surface area contributed by atoms with Gasteiger partial charge in [0.2, 0.25) is 0 Å². The minimum Gasteiger partial charge on any atom is -0.399 e. The van der Waals surface area contributed by atoms with Gasteiger partial charge < -0.3 is 11.5 Å². The molecule has 0 unspecified atom stereocenters. The van der Waals surface area contributed by atoms with Crippen LogP contribution in [0.3, 0.4) is 0 Å². The van der Waals surface area contributed by atoms with E-state index in [1.165, 1.54) is 19.3 Å². The molecule has 1 aliphatic carbocycles. The van der Waals surface area contributed by atoms with Crippen molar-refractivity contribution in [2.24, 2.45) is 11.7 Å². The van der Waals surface area contributed by atoms with Crippen molar-refractivity contribution >= 4 is 17.3 Å². The average Bonchev–Trinajstić information content (AvgIpc) is 2.00. The lowest BCUT2D eigenvalue weighted by Crippen LogP contribution is -2.27. The molecule has 0 saturated heterocycles. The summed E-state index contributed by atoms with van der Waals surface area (Å²) in [6.07, 6.45) is 3.74. The lowest BCUT2D eigenvalue weighted by atomic mass is 9.77. The first-order chi connectivity index (χ1) is 6.68. The Hall–Kier alpha value is -0.730. The quantitative estimate of drug-likeness (QED) is 0.738. The van der Waals surface area contributed by atoms with E-state index >= 15 is 0 Å². The molecule has 0 spiro atoms. The Labute approximate surface area is 89.2 Å². The highest BCUT2D eigenvalue weighted by atomic mass is 35.5. The third-order valence-corrected chi connectivity index (χ3v) is 3.37. The molecule has 0 amide bonds. The Morgan fingerprint density at radius 3 is 2.57 bits per heavy atom. The van der Waals surface area contributed by atoms with E-state index in [-0.39, 0.29) is 6.04 Å². The molecule has 1 saturated carbocycles. The van der Waals surface area contributed by atoms with Crippen LogP contribution in [0.5, 0.6) is 0 Å². The van der Waals surface area contributed by atoms with Crippen molar-refractivity contribution in [2.45, 2.75) is 25.3 Å². The monoisotopic (exact) mass is 210 g/mol. The summed E-state index contributed by atoms with van der Waals surface area (Å²) >= 11 is 6.09. The van der Waals surface area contributed by atoms with Gasteiger partial charge >= 0.3 is 0 Å². The van der Waals surface area contributed by atoms with Gasteiger partial charge in [0, 0.05) is 16.8 Å². The average molecular weight is 211 g/mol. The predicted octanol–water partition coefficient (Wildman–Crippen LogP) is 2.72. The smallest absolute Gasteiger partial charge is 0.0474 e. The SMILES string of the molecule is Nc1ccc([C@H](N)C2CCC2)c(Cl)c1. The summed E-state index contributed by atoms with van der Waals surface area (Å²) in [5.41, 5.74) is 13.5. The highest BCUT2D eigenvalue weighted by Crippen LogP contribution is 2.38. The fraction of sp³-hybridized carbons (Fsp3) is 0.455. The second kappa shape index (κ2) is 3.79. The lowest BCUT2D eigenvalue weighted by Gasteiger charge is -2.31. The maximum atomic E-state index is 6.13. The minimum absolute atomic E-state index is 0.0804. The van der Waals surface area contributed by atoms with E-state index in [1.54, 1.807) is 6.07 Å². The topological polar surface area (TPSA) is 52.0 Å². The van der Waals surface area contributed by atoms with Crippen LogP contribution in [0, 0.1) is 5.92 Å². The maximum absolute atomic E-state index is 6.13. The number of benzene rings is 1. The van der Waals surface area contributed by atoms with Gasteiger partial charge in [0.25, 0.3) is 0 Å². The molecule has 14 heavy (non-hydrogen) atoms. The van der Waals surface area contributed by atoms with Crippen LogP contribution in [0.4, 0.5) is 5.69 Å². The zero-order chi connectivity index (χ0) is 10.1. The Bertz CT molecular complexity index is 334. The number of anilines is 1. The second-order valence-corrected chi connectivity index (χ2v) is 4.40. The van der Waals surface area contributed by atoms with Crippen molar-refractivity contribution < 1.29 is 0 Å². The van der Waals surface area contributed by atoms with Crippen LogP contribution in [-0.4, -0.2) is 0 Å². The van der Waals surface area contributed by atoms with Gasteiger partial charge in [-0.25, -0.2) is 0 Å². The molecule has 1 fully saturated rings. The number of halogens is 1. The normalized spacial score (nSPS) is 19.0. The number of hydrogen-bond acceptors (Lipinski definition) is 2. The predicted molar refractivity (Wildman–Crippen MR) is 60.1 cm³/mol. The van der Waals surface area contributed by atoms with Crippen LogP contribution in [0.25, 0.3) is 0 Å². The molecule has 1 aromatic carbocycles. The zero-order valence-corrected chi connectivity index (χ0v) is 8.80. The van der Waals surface area contributed by atoms with Gasteiger partial charge in [0.1, 0.15) is 0 Å². The van der Waals surface area contributed by atoms with Crippen molar-refractivity contribution in [2.75, 3.05) is 5.73 Å². The first-order valence-corrected chi connectivity index (χ1v) is 5.37. The molecule has 0 aromatic heterocycles. The fourth-order valence-electron chi connectivity index (χ4n) is 1.87. The van der Waals surface area contributed by atoms with Crippen molar-refractivity contribution in [1.82, 2.24) is 0 Å². The van der Waals surface area contributed by atoms with E-state index in [4.69, 9.17) is 23.1 Å². The molecule has 3 heteroatoms. The van der Waals surface area contributed by atoms with Crippen molar-refractivity contribution in [3.8, 4) is 0 Å². The Balaban J connectivity index is 2.22. The van der Waals surface area contributed by atoms with E-state index in [9.17, 15) is 0 Å². The summed E-state index contributed by atoms with van der Waals surface area (Å²) < 4.78 is 0. The molecule has 1 atom stereocenters. The van der Waals surface area contributed by atoms with Crippen LogP contribution in [0.2, 0.25) is 5.02 Å². The molecule has 1 aliphatic rings. The first-order valence-electron chi connectivity index (χ1n) is 4.99. The number of nitrogens with two attached hydrogens (primary N) is 2. The van der Waals surface area contributed by atoms with Crippen LogP contribution in [-0.2, 0) is 0 Å². The number of nitrogen functional groups attached to an aromatic ring is 1. The standard InChI is InChI=1S/C11H15ClN2/c12-10-6-8(13)4-5-9(10)11(14)7-2-1-3-7/h4-7,11H,1-3,13-14H2/t11-/m1/s1. The summed E-state index contributed by atoms with van der Waals surface area (Å²) in [6.45, 7) is 0. The molecular formula is C11H15ClN2. The molecule has 0 radical (unpaired) electrons. The summed E-state index contributed by atoms with van der Waals surface area (Å²) in [6, 6.07) is 5.66. The van der Waals surface area contributed by atoms with E-state index in [1.807, 2.05) is 12.1 Å². The molecule has 0 aliphatic heterocycles. The highest BCUT2D eigenvalue weighted by Gasteiger charge is 2.26. The van der Waals surface area contributed by atoms with E-state index in [0.29, 0.717) is 16.6 Å². The molecule has 2 nitrogen and oxygen atoms in total. The van der Waals surface area contributed by atoms with Crippen LogP contribution < -0.4 is 11.5 Å². The van der Waals surface area contributed by atoms with Crippen LogP contribution in [0.1, 0.15) is 30.9 Å². The summed E-state index contributed by atoms with van der Waals surface area (Å²) in [5.74, 6) is 0.608. The second-order valence-electron chi connectivity index (χ2n) is 4.00. The van der Waals surface area contributed by atoms with Gasteiger partial charge in [-0.05, 0) is 36.5 Å². The minimum atomic E-state index is 0.0804. The van der Waals surface area contributed by atoms with Gasteiger partial charge in [0.15, 0.2) is 0 Å². The van der Waals surface area contributed by atoms with Crippen LogP contribution in [0.15, 0.2) is 18.2 Å². The molecule has 1 aromatic rings. The molecule has 0 bridgehead atoms. The molecule has 2 rings (SSSR count). The van der Waals surface area contributed by atoms with E-state index < -0.39 is 0 Å². The largest absolute Gasteiger partial charge is 0.399 e. The van der Waals surface area contributed by atoms with E-state index in [2.05, 4.69) is 0 Å². The van der Waals surface area contributed by atoms with Crippen LogP contribution >= 0.6 is 11.6 Å². The zero-order valence-electron chi connectivity index (χ0n) is 8.04. The fourth-order valence-corrected chi connectivity index (χ4v) is 2.18. The van der Waals surface area contributed by atoms with Gasteiger partial charge in [0.05, 0.1) is 0 Å². The Kier molecular flexibility index (Phi) is 2.66. The summed E-state index contributed by atoms with van der Waals surface area (Å²) in [4.78, 5) is 0. The molecule has 0 heterocycles. The summed E-state index contributed by atoms with van der Waals surface area (Å²) in [7, 11) is 0. The lowest BCUT2D eigenvalue weighted by molar-refractivity contribution is 0.264. The van der Waals surface area contributed by atoms with Gasteiger partial charge in [-0.2, -0.15) is 0 Å². The third kappa shape index (κ3) is 1.72. The van der Waals surface area contributed by atoms with Gasteiger partial charge in [-0.15, -0.1) is 0 Å². The Morgan fingerprint density at radius 2 is 2.07 bits per heavy atom. The van der Waals surface area contributed by atoms with Crippen molar-refractivity contribution in [3.05, 3.63) is 28.8 Å². The maximum Gasteiger partial charge on any atom is 0.0474 e. The third-order valence-electron chi connectivity index (χ3n) is 3.04. The Morgan fingerprint density at radius 1 is 1.36 bits per heavy atom. The van der Waals surface area contributed by atoms with Gasteiger partial charge in [-0.3, -0.25) is 0 Å². The van der Waals surface area contributed by atoms with Crippen molar-refractivity contribution in [3.63, 3.8) is 0 Å². The number of rotatable bonds is 2.